The Kier molecular flexibility index (Phi) is 5.85. The number of hydrogen-bond donors (Lipinski definition) is 0. The molecule has 0 saturated carbocycles. The first kappa shape index (κ1) is 25.8. The standard InChI is InChI=1S/C42H30N2O/c1-43-42-40(38(27-14-4-2-5-15-27)28-16-6-3-7-17-28)35-26-29(24-25-37(35)45-42)44-36-23-13-12-22-34(36)39-32-20-10-8-18-30(32)31-19-9-11-21-33(31)41(39)44/h2-23,25-26,29H,24H2,1H3/b43-42+. The fourth-order valence-corrected chi connectivity index (χ4v) is 7.50. The molecule has 1 unspecified atom stereocenters. The van der Waals surface area contributed by atoms with E-state index in [1.165, 1.54) is 43.4 Å². The van der Waals surface area contributed by atoms with Crippen LogP contribution < -0.4 is 0 Å². The molecule has 0 amide bonds. The van der Waals surface area contributed by atoms with Gasteiger partial charge >= 0.3 is 0 Å². The highest BCUT2D eigenvalue weighted by molar-refractivity contribution is 6.31. The SMILES string of the molecule is C/N=C1/OC2=CCC(n3c4ccccc4c4c5ccccc5c5ccccc5c43)C=C2C1=C(c1ccccc1)c1ccccc1. The van der Waals surface area contributed by atoms with E-state index in [4.69, 9.17) is 4.74 Å². The largest absolute Gasteiger partial charge is 0.438 e. The summed E-state index contributed by atoms with van der Waals surface area (Å²) < 4.78 is 9.07. The molecule has 1 aromatic heterocycles. The van der Waals surface area contributed by atoms with Crippen molar-refractivity contribution in [3.05, 3.63) is 174 Å². The van der Waals surface area contributed by atoms with Gasteiger partial charge < -0.3 is 9.30 Å². The lowest BCUT2D eigenvalue weighted by molar-refractivity contribution is 0.439. The van der Waals surface area contributed by atoms with Crippen molar-refractivity contribution in [1.82, 2.24) is 4.57 Å². The van der Waals surface area contributed by atoms with Crippen LogP contribution in [0.1, 0.15) is 23.6 Å². The number of rotatable bonds is 3. The summed E-state index contributed by atoms with van der Waals surface area (Å²) in [7, 11) is 1.82. The van der Waals surface area contributed by atoms with Crippen LogP contribution in [0, 0.1) is 0 Å². The normalized spacial score (nSPS) is 17.1. The summed E-state index contributed by atoms with van der Waals surface area (Å²) in [6.45, 7) is 0. The zero-order valence-corrected chi connectivity index (χ0v) is 24.9. The molecular formula is C42H30N2O. The lowest BCUT2D eigenvalue weighted by Gasteiger charge is -2.22. The Balaban J connectivity index is 1.37. The molecule has 9 rings (SSSR count). The van der Waals surface area contributed by atoms with E-state index in [1.54, 1.807) is 0 Å². The molecular weight excluding hydrogens is 548 g/mol. The molecule has 214 valence electrons. The number of benzene rings is 6. The van der Waals surface area contributed by atoms with Crippen LogP contribution in [0.15, 0.2) is 168 Å². The minimum Gasteiger partial charge on any atom is -0.438 e. The summed E-state index contributed by atoms with van der Waals surface area (Å²) in [4.78, 5) is 4.68. The first-order valence-electron chi connectivity index (χ1n) is 15.6. The van der Waals surface area contributed by atoms with Gasteiger partial charge in [-0.05, 0) is 51.9 Å². The van der Waals surface area contributed by atoms with Gasteiger partial charge in [-0.1, -0.05) is 127 Å². The van der Waals surface area contributed by atoms with Crippen LogP contribution in [0.5, 0.6) is 0 Å². The van der Waals surface area contributed by atoms with Crippen molar-refractivity contribution in [2.24, 2.45) is 4.99 Å². The predicted molar refractivity (Wildman–Crippen MR) is 188 cm³/mol. The second-order valence-electron chi connectivity index (χ2n) is 11.8. The summed E-state index contributed by atoms with van der Waals surface area (Å²) in [6, 6.07) is 47.9. The first-order valence-corrected chi connectivity index (χ1v) is 15.6. The second-order valence-corrected chi connectivity index (χ2v) is 11.8. The van der Waals surface area contributed by atoms with Gasteiger partial charge in [0.1, 0.15) is 5.76 Å². The number of allylic oxidation sites excluding steroid dienone is 3. The van der Waals surface area contributed by atoms with Gasteiger partial charge in [0, 0.05) is 39.9 Å². The number of ether oxygens (including phenoxy) is 1. The molecule has 6 aromatic carbocycles. The third-order valence-electron chi connectivity index (χ3n) is 9.35. The van der Waals surface area contributed by atoms with Gasteiger partial charge in [-0.25, -0.2) is 0 Å². The fraction of sp³-hybridized carbons (Fsp3) is 0.0714. The van der Waals surface area contributed by atoms with Crippen molar-refractivity contribution < 1.29 is 4.74 Å². The van der Waals surface area contributed by atoms with Crippen molar-refractivity contribution in [3.8, 4) is 0 Å². The summed E-state index contributed by atoms with van der Waals surface area (Å²) in [5, 5.41) is 7.74. The first-order chi connectivity index (χ1) is 22.3. The van der Waals surface area contributed by atoms with E-state index in [1.807, 2.05) is 7.05 Å². The smallest absolute Gasteiger partial charge is 0.223 e. The van der Waals surface area contributed by atoms with Gasteiger partial charge in [0.2, 0.25) is 5.90 Å². The van der Waals surface area contributed by atoms with Gasteiger partial charge in [-0.15, -0.1) is 0 Å². The summed E-state index contributed by atoms with van der Waals surface area (Å²) in [5.41, 5.74) is 8.08. The third-order valence-corrected chi connectivity index (χ3v) is 9.35. The molecule has 45 heavy (non-hydrogen) atoms. The Morgan fingerprint density at radius 1 is 0.644 bits per heavy atom. The quantitative estimate of drug-likeness (QED) is 0.192. The molecule has 1 aliphatic carbocycles. The lowest BCUT2D eigenvalue weighted by Crippen LogP contribution is -2.11. The molecule has 1 aliphatic heterocycles. The van der Waals surface area contributed by atoms with E-state index in [0.717, 1.165) is 40.0 Å². The van der Waals surface area contributed by atoms with Gasteiger partial charge in [0.25, 0.3) is 0 Å². The average molecular weight is 579 g/mol. The summed E-state index contributed by atoms with van der Waals surface area (Å²) in [6.07, 6.45) is 5.50. The summed E-state index contributed by atoms with van der Waals surface area (Å²) >= 11 is 0. The van der Waals surface area contributed by atoms with Crippen molar-refractivity contribution in [1.29, 1.82) is 0 Å². The molecule has 1 fully saturated rings. The van der Waals surface area contributed by atoms with E-state index >= 15 is 0 Å². The number of aromatic nitrogens is 1. The maximum atomic E-state index is 6.50. The maximum Gasteiger partial charge on any atom is 0.223 e. The molecule has 1 atom stereocenters. The molecule has 3 nitrogen and oxygen atoms in total. The topological polar surface area (TPSA) is 26.5 Å². The van der Waals surface area contributed by atoms with E-state index in [2.05, 4.69) is 155 Å². The Hall–Kier alpha value is -5.67. The minimum absolute atomic E-state index is 0.0818. The van der Waals surface area contributed by atoms with Crippen LogP contribution in [0.25, 0.3) is 48.9 Å². The molecule has 1 saturated heterocycles. The number of fused-ring (bicyclic) bond motifs is 9. The highest BCUT2D eigenvalue weighted by Gasteiger charge is 2.35. The minimum atomic E-state index is 0.0818. The van der Waals surface area contributed by atoms with Gasteiger partial charge in [0.05, 0.1) is 17.1 Å². The molecule has 2 heterocycles. The van der Waals surface area contributed by atoms with Crippen LogP contribution in [-0.4, -0.2) is 17.5 Å². The van der Waals surface area contributed by atoms with Crippen LogP contribution >= 0.6 is 0 Å². The summed E-state index contributed by atoms with van der Waals surface area (Å²) in [5.74, 6) is 1.55. The Bertz CT molecular complexity index is 2380. The zero-order chi connectivity index (χ0) is 29.9. The van der Waals surface area contributed by atoms with Crippen molar-refractivity contribution in [2.75, 3.05) is 7.05 Å². The Labute approximate surface area is 261 Å². The van der Waals surface area contributed by atoms with Crippen molar-refractivity contribution in [3.63, 3.8) is 0 Å². The molecule has 3 heteroatoms. The highest BCUT2D eigenvalue weighted by Crippen LogP contribution is 2.47. The van der Waals surface area contributed by atoms with Crippen LogP contribution in [-0.2, 0) is 4.74 Å². The number of para-hydroxylation sites is 1. The fourth-order valence-electron chi connectivity index (χ4n) is 7.50. The van der Waals surface area contributed by atoms with Crippen LogP contribution in [0.2, 0.25) is 0 Å². The highest BCUT2D eigenvalue weighted by atomic mass is 16.5. The van der Waals surface area contributed by atoms with E-state index in [-0.39, 0.29) is 6.04 Å². The van der Waals surface area contributed by atoms with Crippen LogP contribution in [0.4, 0.5) is 0 Å². The average Bonchev–Trinajstić information content (AvgIpc) is 3.65. The number of nitrogens with zero attached hydrogens (tertiary/aromatic N) is 2. The van der Waals surface area contributed by atoms with E-state index in [9.17, 15) is 0 Å². The monoisotopic (exact) mass is 578 g/mol. The zero-order valence-electron chi connectivity index (χ0n) is 24.9. The number of aliphatic imine (C=N–C) groups is 1. The Morgan fingerprint density at radius 2 is 1.20 bits per heavy atom. The Morgan fingerprint density at radius 3 is 1.87 bits per heavy atom. The molecule has 0 radical (unpaired) electrons. The lowest BCUT2D eigenvalue weighted by atomic mass is 9.87. The molecule has 0 N–H and O–H groups in total. The van der Waals surface area contributed by atoms with E-state index in [0.29, 0.717) is 5.90 Å². The second kappa shape index (κ2) is 10.2. The van der Waals surface area contributed by atoms with Gasteiger partial charge in [0.15, 0.2) is 0 Å². The van der Waals surface area contributed by atoms with Gasteiger partial charge in [-0.2, -0.15) is 0 Å². The van der Waals surface area contributed by atoms with Crippen LogP contribution in [0.3, 0.4) is 0 Å². The molecule has 0 spiro atoms. The molecule has 2 aliphatic rings. The molecule has 7 aromatic rings. The van der Waals surface area contributed by atoms with Gasteiger partial charge in [-0.3, -0.25) is 4.99 Å². The molecule has 0 bridgehead atoms. The number of hydrogen-bond acceptors (Lipinski definition) is 2. The van der Waals surface area contributed by atoms with Crippen molar-refractivity contribution >= 4 is 54.8 Å². The van der Waals surface area contributed by atoms with Crippen molar-refractivity contribution in [2.45, 2.75) is 12.5 Å². The van der Waals surface area contributed by atoms with E-state index < -0.39 is 0 Å². The predicted octanol–water partition coefficient (Wildman–Crippen LogP) is 10.4. The maximum absolute atomic E-state index is 6.50. The third kappa shape index (κ3) is 3.87.